The van der Waals surface area contributed by atoms with Crippen LogP contribution in [0.3, 0.4) is 0 Å². The molecule has 6 N–H and O–H groups in total. The van der Waals surface area contributed by atoms with Crippen molar-refractivity contribution in [2.24, 2.45) is 5.73 Å². The number of fused-ring (bicyclic) bond motifs is 1. The molecule has 0 aliphatic heterocycles. The molecule has 2 aromatic carbocycles. The van der Waals surface area contributed by atoms with E-state index in [0.29, 0.717) is 28.9 Å². The van der Waals surface area contributed by atoms with Crippen molar-refractivity contribution in [1.29, 1.82) is 0 Å². The molecule has 8 heteroatoms. The molecule has 166 valence electrons. The zero-order chi connectivity index (χ0) is 22.1. The average Bonchev–Trinajstić information content (AvgIpc) is 2.72. The second-order valence-electron chi connectivity index (χ2n) is 7.75. The summed E-state index contributed by atoms with van der Waals surface area (Å²) in [6.07, 6.45) is 8.33. The second kappa shape index (κ2) is 11.3. The van der Waals surface area contributed by atoms with E-state index in [1.165, 1.54) is 44.2 Å². The third-order valence-electron chi connectivity index (χ3n) is 5.30. The van der Waals surface area contributed by atoms with Crippen LogP contribution in [0.2, 0.25) is 0 Å². The Bertz CT molecular complexity index is 941. The quantitative estimate of drug-likeness (QED) is 0.491. The number of anilines is 1. The minimum absolute atomic E-state index is 0.0325. The highest BCUT2D eigenvalue weighted by Gasteiger charge is 2.26. The Kier molecular flexibility index (Phi) is 9.08. The van der Waals surface area contributed by atoms with Crippen LogP contribution in [0, 0.1) is 0 Å². The van der Waals surface area contributed by atoms with Crippen LogP contribution in [0.4, 0.5) is 5.69 Å². The molecule has 0 heterocycles. The van der Waals surface area contributed by atoms with Gasteiger partial charge >= 0.3 is 5.97 Å². The molecule has 2 aromatic rings. The Morgan fingerprint density at radius 2 is 1.77 bits per heavy atom. The van der Waals surface area contributed by atoms with Gasteiger partial charge in [0.25, 0.3) is 0 Å². The summed E-state index contributed by atoms with van der Waals surface area (Å²) in [4.78, 5) is 11.3. The summed E-state index contributed by atoms with van der Waals surface area (Å²) < 4.78 is 27.5. The molecule has 30 heavy (non-hydrogen) atoms. The van der Waals surface area contributed by atoms with E-state index in [2.05, 4.69) is 4.72 Å². The van der Waals surface area contributed by atoms with Gasteiger partial charge in [-0.25, -0.2) is 8.42 Å². The van der Waals surface area contributed by atoms with Crippen molar-refractivity contribution in [3.05, 3.63) is 36.4 Å². The van der Waals surface area contributed by atoms with Crippen LogP contribution >= 0.6 is 0 Å². The maximum atomic E-state index is 12.6. The van der Waals surface area contributed by atoms with Crippen molar-refractivity contribution in [3.8, 4) is 0 Å². The molecule has 0 aromatic heterocycles. The standard InChI is InChI=1S/C16H20N2O4S.C6H13N/c1-2-3-8-14(16(19)20)18-23(21,22)15-10-9-13(17)11-6-4-5-7-12(11)15;7-6-4-2-1-3-5-6/h4-7,9-10,14,18H,2-3,8,17H2,1H3,(H,19,20);6H,1-5,7H2. The van der Waals surface area contributed by atoms with E-state index in [1.807, 2.05) is 6.92 Å². The average molecular weight is 436 g/mol. The summed E-state index contributed by atoms with van der Waals surface area (Å²) in [5.74, 6) is -1.18. The van der Waals surface area contributed by atoms with Crippen LogP contribution in [-0.4, -0.2) is 31.6 Å². The number of nitrogens with two attached hydrogens (primary N) is 2. The summed E-state index contributed by atoms with van der Waals surface area (Å²) in [6, 6.07) is 9.18. The fourth-order valence-electron chi connectivity index (χ4n) is 3.56. The highest BCUT2D eigenvalue weighted by Crippen LogP contribution is 2.27. The Morgan fingerprint density at radius 3 is 2.30 bits per heavy atom. The van der Waals surface area contributed by atoms with E-state index in [-0.39, 0.29) is 11.3 Å². The Hall–Kier alpha value is -2.16. The van der Waals surface area contributed by atoms with Gasteiger partial charge in [0.2, 0.25) is 10.0 Å². The minimum Gasteiger partial charge on any atom is -0.480 e. The van der Waals surface area contributed by atoms with Crippen LogP contribution in [0.5, 0.6) is 0 Å². The molecule has 0 saturated heterocycles. The molecule has 0 spiro atoms. The maximum Gasteiger partial charge on any atom is 0.321 e. The summed E-state index contributed by atoms with van der Waals surface area (Å²) in [5, 5.41) is 10.3. The highest BCUT2D eigenvalue weighted by atomic mass is 32.2. The zero-order valence-electron chi connectivity index (χ0n) is 17.5. The number of carboxylic acids is 1. The normalized spacial score (nSPS) is 15.9. The van der Waals surface area contributed by atoms with Crippen molar-refractivity contribution in [3.63, 3.8) is 0 Å². The molecule has 1 atom stereocenters. The molecule has 1 aliphatic rings. The Labute approximate surface area is 178 Å². The second-order valence-corrected chi connectivity index (χ2v) is 9.43. The first-order chi connectivity index (χ1) is 14.3. The lowest BCUT2D eigenvalue weighted by atomic mass is 9.97. The van der Waals surface area contributed by atoms with Crippen molar-refractivity contribution >= 4 is 32.5 Å². The molecule has 0 radical (unpaired) electrons. The molecule has 1 fully saturated rings. The molecule has 1 saturated carbocycles. The SMILES string of the molecule is CCCCC(NS(=O)(=O)c1ccc(N)c2ccccc12)C(=O)O.NC1CCCCC1. The lowest BCUT2D eigenvalue weighted by Gasteiger charge is -2.16. The van der Waals surface area contributed by atoms with Gasteiger partial charge in [0.15, 0.2) is 0 Å². The number of hydrogen-bond donors (Lipinski definition) is 4. The van der Waals surface area contributed by atoms with Gasteiger partial charge in [0.1, 0.15) is 6.04 Å². The molecule has 1 unspecified atom stereocenters. The lowest BCUT2D eigenvalue weighted by Crippen LogP contribution is -2.40. The summed E-state index contributed by atoms with van der Waals surface area (Å²) >= 11 is 0. The highest BCUT2D eigenvalue weighted by molar-refractivity contribution is 7.89. The van der Waals surface area contributed by atoms with Gasteiger partial charge in [-0.2, -0.15) is 4.72 Å². The fraction of sp³-hybridized carbons (Fsp3) is 0.500. The predicted molar refractivity (Wildman–Crippen MR) is 121 cm³/mol. The van der Waals surface area contributed by atoms with Crippen LogP contribution in [-0.2, 0) is 14.8 Å². The number of nitrogen functional groups attached to an aromatic ring is 1. The van der Waals surface area contributed by atoms with Crippen molar-refractivity contribution in [2.75, 3.05) is 5.73 Å². The number of unbranched alkanes of at least 4 members (excludes halogenated alkanes) is 1. The number of aliphatic carboxylic acids is 1. The van der Waals surface area contributed by atoms with Crippen LogP contribution in [0.1, 0.15) is 58.3 Å². The van der Waals surface area contributed by atoms with E-state index in [4.69, 9.17) is 11.5 Å². The van der Waals surface area contributed by atoms with E-state index in [9.17, 15) is 18.3 Å². The predicted octanol–water partition coefficient (Wildman–Crippen LogP) is 3.62. The third-order valence-corrected chi connectivity index (χ3v) is 6.83. The van der Waals surface area contributed by atoms with E-state index < -0.39 is 22.0 Å². The summed E-state index contributed by atoms with van der Waals surface area (Å²) in [5.41, 5.74) is 12.0. The molecular formula is C22H33N3O4S. The number of carbonyl (C=O) groups is 1. The van der Waals surface area contributed by atoms with Crippen LogP contribution in [0.25, 0.3) is 10.8 Å². The molecule has 0 amide bonds. The molecule has 7 nitrogen and oxygen atoms in total. The molecule has 0 bridgehead atoms. The number of sulfonamides is 1. The molecule has 3 rings (SSSR count). The number of benzene rings is 2. The number of carboxylic acid groups (broad SMARTS) is 1. The van der Waals surface area contributed by atoms with E-state index >= 15 is 0 Å². The first-order valence-electron chi connectivity index (χ1n) is 10.5. The maximum absolute atomic E-state index is 12.6. The van der Waals surface area contributed by atoms with Gasteiger partial charge in [-0.15, -0.1) is 0 Å². The molecule has 1 aliphatic carbocycles. The Balaban J connectivity index is 0.000000386. The van der Waals surface area contributed by atoms with Gasteiger partial charge in [-0.3, -0.25) is 4.79 Å². The summed E-state index contributed by atoms with van der Waals surface area (Å²) in [6.45, 7) is 1.92. The zero-order valence-corrected chi connectivity index (χ0v) is 18.3. The number of nitrogens with one attached hydrogen (secondary N) is 1. The monoisotopic (exact) mass is 435 g/mol. The van der Waals surface area contributed by atoms with Crippen molar-refractivity contribution < 1.29 is 18.3 Å². The smallest absolute Gasteiger partial charge is 0.321 e. The fourth-order valence-corrected chi connectivity index (χ4v) is 4.99. The van der Waals surface area contributed by atoms with Crippen molar-refractivity contribution in [2.45, 2.75) is 75.3 Å². The molecular weight excluding hydrogens is 402 g/mol. The first kappa shape index (κ1) is 24.1. The summed E-state index contributed by atoms with van der Waals surface area (Å²) in [7, 11) is -3.96. The van der Waals surface area contributed by atoms with Gasteiger partial charge in [-0.1, -0.05) is 63.3 Å². The van der Waals surface area contributed by atoms with Gasteiger partial charge < -0.3 is 16.6 Å². The topological polar surface area (TPSA) is 136 Å². The Morgan fingerprint density at radius 1 is 1.13 bits per heavy atom. The number of hydrogen-bond acceptors (Lipinski definition) is 5. The largest absolute Gasteiger partial charge is 0.480 e. The van der Waals surface area contributed by atoms with E-state index in [0.717, 1.165) is 6.42 Å². The van der Waals surface area contributed by atoms with Gasteiger partial charge in [0.05, 0.1) is 4.90 Å². The number of rotatable bonds is 7. The lowest BCUT2D eigenvalue weighted by molar-refractivity contribution is -0.139. The van der Waals surface area contributed by atoms with E-state index in [1.54, 1.807) is 24.3 Å². The van der Waals surface area contributed by atoms with Crippen molar-refractivity contribution in [1.82, 2.24) is 4.72 Å². The third kappa shape index (κ3) is 6.68. The van der Waals surface area contributed by atoms with Crippen LogP contribution in [0.15, 0.2) is 41.3 Å². The van der Waals surface area contributed by atoms with Crippen LogP contribution < -0.4 is 16.2 Å². The van der Waals surface area contributed by atoms with Gasteiger partial charge in [0, 0.05) is 22.5 Å². The minimum atomic E-state index is -3.96. The van der Waals surface area contributed by atoms with Gasteiger partial charge in [-0.05, 0) is 31.4 Å². The first-order valence-corrected chi connectivity index (χ1v) is 12.0.